The van der Waals surface area contributed by atoms with Crippen molar-refractivity contribution in [2.75, 3.05) is 5.32 Å². The summed E-state index contributed by atoms with van der Waals surface area (Å²) in [6, 6.07) is 3.84. The van der Waals surface area contributed by atoms with Crippen LogP contribution in [0.5, 0.6) is 0 Å². The number of hydrogen-bond acceptors (Lipinski definition) is 4. The second-order valence-electron chi connectivity index (χ2n) is 4.33. The van der Waals surface area contributed by atoms with Gasteiger partial charge < -0.3 is 9.88 Å². The maximum Gasteiger partial charge on any atom is 0.417 e. The van der Waals surface area contributed by atoms with Crippen LogP contribution in [-0.4, -0.2) is 10.5 Å². The van der Waals surface area contributed by atoms with Crippen LogP contribution in [0.25, 0.3) is 0 Å². The van der Waals surface area contributed by atoms with Crippen molar-refractivity contribution in [2.45, 2.75) is 12.7 Å². The summed E-state index contributed by atoms with van der Waals surface area (Å²) in [5.74, 6) is -0.749. The Hall–Kier alpha value is -2.31. The van der Waals surface area contributed by atoms with Gasteiger partial charge in [0.15, 0.2) is 0 Å². The summed E-state index contributed by atoms with van der Waals surface area (Å²) in [6.07, 6.45) is -4.18. The maximum atomic E-state index is 12.7. The topological polar surface area (TPSA) is 74.9 Å². The molecule has 10 heteroatoms. The number of nitrogens with zero attached hydrogens (tertiary/aromatic N) is 2. The highest BCUT2D eigenvalue weighted by Crippen LogP contribution is 2.29. The predicted molar refractivity (Wildman–Crippen MR) is 78.4 cm³/mol. The number of pyridine rings is 1. The van der Waals surface area contributed by atoms with E-state index < -0.39 is 34.8 Å². The van der Waals surface area contributed by atoms with Crippen LogP contribution in [0.4, 0.5) is 18.2 Å². The average molecular weight is 362 g/mol. The minimum Gasteiger partial charge on any atom is -0.315 e. The van der Waals surface area contributed by atoms with Gasteiger partial charge in [-0.1, -0.05) is 11.6 Å². The molecule has 0 atom stereocenters. The predicted octanol–water partition coefficient (Wildman–Crippen LogP) is 3.09. The number of anilines is 1. The second-order valence-corrected chi connectivity index (χ2v) is 5.65. The number of nitriles is 1. The van der Waals surface area contributed by atoms with E-state index in [4.69, 9.17) is 16.9 Å². The largest absolute Gasteiger partial charge is 0.417 e. The van der Waals surface area contributed by atoms with Crippen molar-refractivity contribution in [1.29, 1.82) is 5.26 Å². The first-order chi connectivity index (χ1) is 10.7. The standard InChI is InChI=1S/C13H7ClF3N3O2S/c14-9-3-8(13(15,16)17)5-20(12(9)22)6-10(21)19-11-7(4-18)1-2-23-11/h1-3,5H,6H2,(H,19,21). The fraction of sp³-hybridized carbons (Fsp3) is 0.154. The van der Waals surface area contributed by atoms with Crippen LogP contribution in [0.2, 0.25) is 5.02 Å². The lowest BCUT2D eigenvalue weighted by Crippen LogP contribution is -2.29. The molecule has 0 saturated carbocycles. The minimum atomic E-state index is -4.70. The SMILES string of the molecule is N#Cc1ccsc1NC(=O)Cn1cc(C(F)(F)F)cc(Cl)c1=O. The number of amides is 1. The van der Waals surface area contributed by atoms with E-state index in [0.717, 1.165) is 11.3 Å². The Morgan fingerprint density at radius 1 is 1.48 bits per heavy atom. The first-order valence-electron chi connectivity index (χ1n) is 5.97. The molecule has 1 N–H and O–H groups in total. The van der Waals surface area contributed by atoms with Gasteiger partial charge in [0.25, 0.3) is 5.56 Å². The van der Waals surface area contributed by atoms with Gasteiger partial charge in [0.1, 0.15) is 22.6 Å². The molecule has 0 unspecified atom stereocenters. The molecule has 1 amide bonds. The van der Waals surface area contributed by atoms with Gasteiger partial charge in [-0.05, 0) is 17.5 Å². The maximum absolute atomic E-state index is 12.7. The van der Waals surface area contributed by atoms with Crippen molar-refractivity contribution in [3.63, 3.8) is 0 Å². The zero-order valence-corrected chi connectivity index (χ0v) is 12.7. The van der Waals surface area contributed by atoms with Crippen LogP contribution in [0, 0.1) is 11.3 Å². The molecule has 0 bridgehead atoms. The molecule has 0 radical (unpaired) electrons. The number of halogens is 4. The van der Waals surface area contributed by atoms with Crippen molar-refractivity contribution >= 4 is 33.8 Å². The number of carbonyl (C=O) groups excluding carboxylic acids is 1. The summed E-state index contributed by atoms with van der Waals surface area (Å²) in [6.45, 7) is -0.661. The monoisotopic (exact) mass is 361 g/mol. The van der Waals surface area contributed by atoms with Gasteiger partial charge in [-0.2, -0.15) is 18.4 Å². The molecule has 2 heterocycles. The van der Waals surface area contributed by atoms with E-state index in [2.05, 4.69) is 5.32 Å². The summed E-state index contributed by atoms with van der Waals surface area (Å²) < 4.78 is 38.7. The van der Waals surface area contributed by atoms with Gasteiger partial charge in [0.05, 0.1) is 11.1 Å². The molecule has 0 spiro atoms. The lowest BCUT2D eigenvalue weighted by atomic mass is 10.2. The second kappa shape index (κ2) is 6.44. The molecule has 0 aliphatic rings. The van der Waals surface area contributed by atoms with Gasteiger partial charge in [0, 0.05) is 6.20 Å². The Balaban J connectivity index is 2.26. The number of thiophene rings is 1. The first kappa shape index (κ1) is 17.1. The number of rotatable bonds is 3. The number of alkyl halides is 3. The molecule has 0 aliphatic carbocycles. The average Bonchev–Trinajstić information content (AvgIpc) is 2.89. The van der Waals surface area contributed by atoms with E-state index in [-0.39, 0.29) is 10.6 Å². The molecule has 2 aromatic rings. The lowest BCUT2D eigenvalue weighted by Gasteiger charge is -2.11. The van der Waals surface area contributed by atoms with E-state index >= 15 is 0 Å². The van der Waals surface area contributed by atoms with Crippen LogP contribution in [0.3, 0.4) is 0 Å². The zero-order chi connectivity index (χ0) is 17.2. The molecule has 0 aliphatic heterocycles. The third-order valence-electron chi connectivity index (χ3n) is 2.72. The Morgan fingerprint density at radius 2 is 2.17 bits per heavy atom. The van der Waals surface area contributed by atoms with E-state index in [0.29, 0.717) is 16.8 Å². The van der Waals surface area contributed by atoms with Gasteiger partial charge in [-0.25, -0.2) is 0 Å². The molecule has 0 aromatic carbocycles. The molecule has 23 heavy (non-hydrogen) atoms. The van der Waals surface area contributed by atoms with Crippen molar-refractivity contribution in [1.82, 2.24) is 4.57 Å². The fourth-order valence-electron chi connectivity index (χ4n) is 1.69. The number of aromatic nitrogens is 1. The Kier molecular flexibility index (Phi) is 4.77. The molecular formula is C13H7ClF3N3O2S. The van der Waals surface area contributed by atoms with Crippen molar-refractivity contribution in [3.8, 4) is 6.07 Å². The normalized spacial score (nSPS) is 11.1. The van der Waals surface area contributed by atoms with Crippen LogP contribution in [-0.2, 0) is 17.5 Å². The van der Waals surface area contributed by atoms with Crippen molar-refractivity contribution < 1.29 is 18.0 Å². The third kappa shape index (κ3) is 3.91. The molecule has 2 rings (SSSR count). The molecule has 120 valence electrons. The van der Waals surface area contributed by atoms with Crippen molar-refractivity contribution in [2.24, 2.45) is 0 Å². The number of hydrogen-bond donors (Lipinski definition) is 1. The van der Waals surface area contributed by atoms with Gasteiger partial charge in [-0.15, -0.1) is 11.3 Å². The summed E-state index contributed by atoms with van der Waals surface area (Å²) in [4.78, 5) is 23.6. The lowest BCUT2D eigenvalue weighted by molar-refractivity contribution is -0.138. The number of nitrogens with one attached hydrogen (secondary N) is 1. The van der Waals surface area contributed by atoms with Gasteiger partial charge >= 0.3 is 6.18 Å². The molecule has 5 nitrogen and oxygen atoms in total. The van der Waals surface area contributed by atoms with Gasteiger partial charge in [0.2, 0.25) is 5.91 Å². The first-order valence-corrected chi connectivity index (χ1v) is 7.22. The van der Waals surface area contributed by atoms with Crippen molar-refractivity contribution in [3.05, 3.63) is 50.2 Å². The third-order valence-corrected chi connectivity index (χ3v) is 3.82. The fourth-order valence-corrected chi connectivity index (χ4v) is 2.67. The minimum absolute atomic E-state index is 0.220. The van der Waals surface area contributed by atoms with E-state index in [1.165, 1.54) is 6.07 Å². The van der Waals surface area contributed by atoms with Crippen LogP contribution < -0.4 is 10.9 Å². The molecule has 2 aromatic heterocycles. The smallest absolute Gasteiger partial charge is 0.315 e. The van der Waals surface area contributed by atoms with Gasteiger partial charge in [-0.3, -0.25) is 9.59 Å². The van der Waals surface area contributed by atoms with Crippen LogP contribution in [0.15, 0.2) is 28.5 Å². The van der Waals surface area contributed by atoms with Crippen LogP contribution >= 0.6 is 22.9 Å². The summed E-state index contributed by atoms with van der Waals surface area (Å²) >= 11 is 6.57. The summed E-state index contributed by atoms with van der Waals surface area (Å²) in [7, 11) is 0. The number of carbonyl (C=O) groups is 1. The summed E-state index contributed by atoms with van der Waals surface area (Å²) in [5, 5.41) is 12.4. The molecule has 0 saturated heterocycles. The molecular weight excluding hydrogens is 355 g/mol. The quantitative estimate of drug-likeness (QED) is 0.912. The highest BCUT2D eigenvalue weighted by Gasteiger charge is 2.32. The Bertz CT molecular complexity index is 851. The van der Waals surface area contributed by atoms with E-state index in [9.17, 15) is 22.8 Å². The van der Waals surface area contributed by atoms with E-state index in [1.54, 1.807) is 5.38 Å². The van der Waals surface area contributed by atoms with Crippen LogP contribution in [0.1, 0.15) is 11.1 Å². The highest BCUT2D eigenvalue weighted by atomic mass is 35.5. The highest BCUT2D eigenvalue weighted by molar-refractivity contribution is 7.14. The van der Waals surface area contributed by atoms with E-state index in [1.807, 2.05) is 6.07 Å². The Morgan fingerprint density at radius 3 is 2.78 bits per heavy atom. The summed E-state index contributed by atoms with van der Waals surface area (Å²) in [5.41, 5.74) is -1.83. The Labute approximate surface area is 136 Å². The zero-order valence-electron chi connectivity index (χ0n) is 11.1. The molecule has 0 fully saturated rings.